The summed E-state index contributed by atoms with van der Waals surface area (Å²) >= 11 is 2.37. The third-order valence-corrected chi connectivity index (χ3v) is 6.40. The van der Waals surface area contributed by atoms with E-state index in [-0.39, 0.29) is 0 Å². The number of rotatable bonds is 11. The van der Waals surface area contributed by atoms with Crippen LogP contribution < -0.4 is 0 Å². The van der Waals surface area contributed by atoms with Gasteiger partial charge in [0.05, 0.1) is 19.4 Å². The molecule has 0 aliphatic heterocycles. The third-order valence-electron chi connectivity index (χ3n) is 2.44. The number of halogens is 1. The van der Waals surface area contributed by atoms with E-state index < -0.39 is 7.60 Å². The molecular formula is C12H26IO3P. The molecule has 5 heteroatoms. The topological polar surface area (TPSA) is 35.5 Å². The van der Waals surface area contributed by atoms with Gasteiger partial charge in [0.1, 0.15) is 0 Å². The van der Waals surface area contributed by atoms with E-state index in [1.807, 2.05) is 13.8 Å². The van der Waals surface area contributed by atoms with Crippen LogP contribution in [0.2, 0.25) is 0 Å². The van der Waals surface area contributed by atoms with Crippen LogP contribution in [0, 0.1) is 0 Å². The molecule has 0 bridgehead atoms. The first kappa shape index (κ1) is 17.9. The molecule has 17 heavy (non-hydrogen) atoms. The van der Waals surface area contributed by atoms with E-state index in [1.54, 1.807) is 0 Å². The highest BCUT2D eigenvalue weighted by Gasteiger charge is 2.26. The van der Waals surface area contributed by atoms with Crippen LogP contribution in [-0.4, -0.2) is 23.3 Å². The van der Waals surface area contributed by atoms with E-state index in [4.69, 9.17) is 9.05 Å². The Labute approximate surface area is 120 Å². The van der Waals surface area contributed by atoms with E-state index in [0.29, 0.717) is 23.3 Å². The first-order chi connectivity index (χ1) is 8.08. The summed E-state index contributed by atoms with van der Waals surface area (Å²) in [6.45, 7) is 6.83. The maximum absolute atomic E-state index is 12.3. The van der Waals surface area contributed by atoms with Gasteiger partial charge < -0.3 is 9.05 Å². The van der Waals surface area contributed by atoms with Crippen LogP contribution in [0.5, 0.6) is 0 Å². The molecule has 1 unspecified atom stereocenters. The normalized spacial score (nSPS) is 13.9. The predicted octanol–water partition coefficient (Wildman–Crippen LogP) is 5.03. The molecule has 1 atom stereocenters. The second kappa shape index (κ2) is 10.8. The van der Waals surface area contributed by atoms with Crippen molar-refractivity contribution >= 4 is 30.2 Å². The van der Waals surface area contributed by atoms with Gasteiger partial charge in [0.25, 0.3) is 0 Å². The average Bonchev–Trinajstić information content (AvgIpc) is 2.24. The molecular weight excluding hydrogens is 350 g/mol. The monoisotopic (exact) mass is 376 g/mol. The molecule has 0 aromatic heterocycles. The molecule has 0 aromatic rings. The first-order valence-corrected chi connectivity index (χ1v) is 9.57. The molecule has 3 nitrogen and oxygen atoms in total. The van der Waals surface area contributed by atoms with Crippen molar-refractivity contribution in [1.29, 1.82) is 0 Å². The molecule has 0 spiro atoms. The maximum Gasteiger partial charge on any atom is 0.331 e. The SMILES string of the molecule is CCCCCCC(I)CP(=O)(OCC)OCC. The van der Waals surface area contributed by atoms with Gasteiger partial charge >= 0.3 is 7.60 Å². The van der Waals surface area contributed by atoms with Crippen molar-refractivity contribution in [1.82, 2.24) is 0 Å². The van der Waals surface area contributed by atoms with Gasteiger partial charge in [-0.2, -0.15) is 0 Å². The second-order valence-corrected chi connectivity index (χ2v) is 7.94. The van der Waals surface area contributed by atoms with Crippen molar-refractivity contribution < 1.29 is 13.6 Å². The molecule has 0 saturated heterocycles. The van der Waals surface area contributed by atoms with Gasteiger partial charge in [0, 0.05) is 3.92 Å². The number of alkyl halides is 1. The van der Waals surface area contributed by atoms with E-state index in [2.05, 4.69) is 29.5 Å². The summed E-state index contributed by atoms with van der Waals surface area (Å²) in [5, 5.41) is 0. The molecule has 0 N–H and O–H groups in total. The summed E-state index contributed by atoms with van der Waals surface area (Å²) in [6, 6.07) is 0. The van der Waals surface area contributed by atoms with Crippen LogP contribution in [0.25, 0.3) is 0 Å². The van der Waals surface area contributed by atoms with Gasteiger partial charge in [-0.25, -0.2) is 0 Å². The lowest BCUT2D eigenvalue weighted by atomic mass is 10.1. The fourth-order valence-electron chi connectivity index (χ4n) is 1.66. The molecule has 0 aliphatic rings. The number of unbranched alkanes of at least 4 members (excludes halogenated alkanes) is 3. The highest BCUT2D eigenvalue weighted by molar-refractivity contribution is 14.1. The number of hydrogen-bond donors (Lipinski definition) is 0. The Balaban J connectivity index is 3.95. The van der Waals surface area contributed by atoms with Crippen LogP contribution in [-0.2, 0) is 13.6 Å². The van der Waals surface area contributed by atoms with Crippen LogP contribution in [0.15, 0.2) is 0 Å². The largest absolute Gasteiger partial charge is 0.331 e. The third kappa shape index (κ3) is 9.46. The fraction of sp³-hybridized carbons (Fsp3) is 1.00. The van der Waals surface area contributed by atoms with Gasteiger partial charge in [-0.3, -0.25) is 4.57 Å². The van der Waals surface area contributed by atoms with E-state index in [9.17, 15) is 4.57 Å². The summed E-state index contributed by atoms with van der Waals surface area (Å²) in [7, 11) is -2.84. The van der Waals surface area contributed by atoms with E-state index in [0.717, 1.165) is 6.42 Å². The molecule has 0 fully saturated rings. The minimum atomic E-state index is -2.84. The molecule has 0 radical (unpaired) electrons. The molecule has 0 aliphatic carbocycles. The lowest BCUT2D eigenvalue weighted by Crippen LogP contribution is -2.09. The smallest absolute Gasteiger partial charge is 0.309 e. The fourth-order valence-corrected chi connectivity index (χ4v) is 5.29. The molecule has 104 valence electrons. The Morgan fingerprint density at radius 1 is 1.06 bits per heavy atom. The molecule has 0 aromatic carbocycles. The minimum Gasteiger partial charge on any atom is -0.309 e. The van der Waals surface area contributed by atoms with Crippen molar-refractivity contribution in [2.75, 3.05) is 19.4 Å². The zero-order chi connectivity index (χ0) is 13.1. The standard InChI is InChI=1S/C12H26IO3P/c1-4-7-8-9-10-12(13)11-17(14,15-5-2)16-6-3/h12H,4-11H2,1-3H3. The van der Waals surface area contributed by atoms with Gasteiger partial charge in [-0.15, -0.1) is 0 Å². The summed E-state index contributed by atoms with van der Waals surface area (Å²) in [5.41, 5.74) is 0. The quantitative estimate of drug-likeness (QED) is 0.220. The van der Waals surface area contributed by atoms with Gasteiger partial charge in [0.2, 0.25) is 0 Å². The highest BCUT2D eigenvalue weighted by Crippen LogP contribution is 2.50. The Morgan fingerprint density at radius 3 is 2.12 bits per heavy atom. The van der Waals surface area contributed by atoms with Crippen molar-refractivity contribution in [3.63, 3.8) is 0 Å². The highest BCUT2D eigenvalue weighted by atomic mass is 127. The van der Waals surface area contributed by atoms with Gasteiger partial charge in [-0.1, -0.05) is 55.2 Å². The van der Waals surface area contributed by atoms with Crippen molar-refractivity contribution in [2.45, 2.75) is 56.8 Å². The summed E-state index contributed by atoms with van der Waals surface area (Å²) in [6.07, 6.45) is 6.66. The lowest BCUT2D eigenvalue weighted by Gasteiger charge is -2.19. The predicted molar refractivity (Wildman–Crippen MR) is 82.3 cm³/mol. The van der Waals surface area contributed by atoms with Crippen LogP contribution in [0.3, 0.4) is 0 Å². The molecule has 0 amide bonds. The van der Waals surface area contributed by atoms with Crippen molar-refractivity contribution in [2.24, 2.45) is 0 Å². The Morgan fingerprint density at radius 2 is 1.65 bits per heavy atom. The number of hydrogen-bond acceptors (Lipinski definition) is 3. The summed E-state index contributed by atoms with van der Waals surface area (Å²) in [4.78, 5) is 0. The van der Waals surface area contributed by atoms with Crippen LogP contribution >= 0.6 is 30.2 Å². The second-order valence-electron chi connectivity index (χ2n) is 4.08. The summed E-state index contributed by atoms with van der Waals surface area (Å²) in [5.74, 6) is 0. The van der Waals surface area contributed by atoms with E-state index >= 15 is 0 Å². The van der Waals surface area contributed by atoms with Crippen LogP contribution in [0.4, 0.5) is 0 Å². The Kier molecular flexibility index (Phi) is 11.3. The summed E-state index contributed by atoms with van der Waals surface area (Å²) < 4.78 is 23.2. The lowest BCUT2D eigenvalue weighted by molar-refractivity contribution is 0.220. The Hall–Kier alpha value is 0.880. The molecule has 0 saturated carbocycles. The minimum absolute atomic E-state index is 0.383. The molecule has 0 rings (SSSR count). The zero-order valence-electron chi connectivity index (χ0n) is 11.3. The Bertz CT molecular complexity index is 214. The van der Waals surface area contributed by atoms with Crippen molar-refractivity contribution in [3.05, 3.63) is 0 Å². The van der Waals surface area contributed by atoms with Gasteiger partial charge in [-0.05, 0) is 20.3 Å². The van der Waals surface area contributed by atoms with Crippen molar-refractivity contribution in [3.8, 4) is 0 Å². The molecule has 0 heterocycles. The van der Waals surface area contributed by atoms with E-state index in [1.165, 1.54) is 25.7 Å². The van der Waals surface area contributed by atoms with Crippen LogP contribution in [0.1, 0.15) is 52.9 Å². The first-order valence-electron chi connectivity index (χ1n) is 6.60. The van der Waals surface area contributed by atoms with Gasteiger partial charge in [0.15, 0.2) is 0 Å². The average molecular weight is 376 g/mol. The zero-order valence-corrected chi connectivity index (χ0v) is 14.3. The maximum atomic E-state index is 12.3.